The number of hydrogen-bond acceptors (Lipinski definition) is 2. The Bertz CT molecular complexity index is 568. The average Bonchev–Trinajstić information content (AvgIpc) is 2.47. The van der Waals surface area contributed by atoms with Crippen molar-refractivity contribution in [2.24, 2.45) is 0 Å². The van der Waals surface area contributed by atoms with E-state index in [1.54, 1.807) is 0 Å². The second-order valence-electron chi connectivity index (χ2n) is 5.86. The van der Waals surface area contributed by atoms with E-state index in [-0.39, 0.29) is 5.54 Å². The molecule has 100 valence electrons. The van der Waals surface area contributed by atoms with Gasteiger partial charge >= 0.3 is 0 Å². The minimum Gasteiger partial charge on any atom is -0.314 e. The fourth-order valence-electron chi connectivity index (χ4n) is 2.98. The van der Waals surface area contributed by atoms with Crippen molar-refractivity contribution in [3.63, 3.8) is 0 Å². The van der Waals surface area contributed by atoms with Crippen LogP contribution in [-0.2, 0) is 5.54 Å². The minimum absolute atomic E-state index is 0.103. The van der Waals surface area contributed by atoms with Gasteiger partial charge in [-0.1, -0.05) is 36.4 Å². The summed E-state index contributed by atoms with van der Waals surface area (Å²) in [5.74, 6) is 0. The van der Waals surface area contributed by atoms with Gasteiger partial charge in [0.1, 0.15) is 0 Å². The van der Waals surface area contributed by atoms with Gasteiger partial charge in [0.05, 0.1) is 0 Å². The zero-order chi connectivity index (χ0) is 13.3. The van der Waals surface area contributed by atoms with Crippen molar-refractivity contribution >= 4 is 10.8 Å². The van der Waals surface area contributed by atoms with Gasteiger partial charge in [-0.15, -0.1) is 0 Å². The van der Waals surface area contributed by atoms with Gasteiger partial charge in [0.15, 0.2) is 0 Å². The van der Waals surface area contributed by atoms with Gasteiger partial charge < -0.3 is 5.32 Å². The molecule has 0 unspecified atom stereocenters. The first-order valence-electron chi connectivity index (χ1n) is 7.13. The summed E-state index contributed by atoms with van der Waals surface area (Å²) >= 11 is 0. The predicted octanol–water partition coefficient (Wildman–Crippen LogP) is 2.98. The van der Waals surface area contributed by atoms with Crippen molar-refractivity contribution in [3.05, 3.63) is 48.0 Å². The van der Waals surface area contributed by atoms with Crippen LogP contribution in [0.2, 0.25) is 0 Å². The molecule has 1 aliphatic rings. The highest BCUT2D eigenvalue weighted by Gasteiger charge is 2.29. The number of piperazine rings is 1. The van der Waals surface area contributed by atoms with Crippen molar-refractivity contribution in [1.82, 2.24) is 10.2 Å². The van der Waals surface area contributed by atoms with Crippen LogP contribution in [0.1, 0.15) is 19.4 Å². The van der Waals surface area contributed by atoms with E-state index in [0.717, 1.165) is 26.2 Å². The van der Waals surface area contributed by atoms with E-state index in [4.69, 9.17) is 0 Å². The molecule has 1 saturated heterocycles. The van der Waals surface area contributed by atoms with Crippen LogP contribution in [0.4, 0.5) is 0 Å². The third-order valence-electron chi connectivity index (χ3n) is 4.36. The summed E-state index contributed by atoms with van der Waals surface area (Å²) < 4.78 is 0. The number of benzene rings is 2. The largest absolute Gasteiger partial charge is 0.314 e. The number of nitrogens with one attached hydrogen (secondary N) is 1. The van der Waals surface area contributed by atoms with Crippen molar-refractivity contribution in [1.29, 1.82) is 0 Å². The molecule has 2 heteroatoms. The Hall–Kier alpha value is -1.38. The number of fused-ring (bicyclic) bond motifs is 1. The molecule has 0 radical (unpaired) electrons. The van der Waals surface area contributed by atoms with Crippen LogP contribution < -0.4 is 5.32 Å². The van der Waals surface area contributed by atoms with E-state index in [2.05, 4.69) is 66.5 Å². The van der Waals surface area contributed by atoms with Gasteiger partial charge in [0.25, 0.3) is 0 Å². The van der Waals surface area contributed by atoms with Crippen LogP contribution in [0.15, 0.2) is 42.5 Å². The molecule has 0 amide bonds. The average molecular weight is 254 g/mol. The number of hydrogen-bond donors (Lipinski definition) is 1. The van der Waals surface area contributed by atoms with Crippen molar-refractivity contribution < 1.29 is 0 Å². The molecule has 1 aliphatic heterocycles. The molecule has 2 nitrogen and oxygen atoms in total. The van der Waals surface area contributed by atoms with Gasteiger partial charge in [-0.2, -0.15) is 0 Å². The minimum atomic E-state index is 0.103. The smallest absolute Gasteiger partial charge is 0.0405 e. The molecule has 0 atom stereocenters. The lowest BCUT2D eigenvalue weighted by Gasteiger charge is -2.41. The van der Waals surface area contributed by atoms with E-state index >= 15 is 0 Å². The number of rotatable bonds is 2. The molecule has 1 N–H and O–H groups in total. The molecule has 0 saturated carbocycles. The molecule has 2 aromatic carbocycles. The second-order valence-corrected chi connectivity index (χ2v) is 5.86. The lowest BCUT2D eigenvalue weighted by atomic mass is 9.90. The van der Waals surface area contributed by atoms with Gasteiger partial charge in [0.2, 0.25) is 0 Å². The summed E-state index contributed by atoms with van der Waals surface area (Å²) in [6, 6.07) is 15.5. The molecule has 1 fully saturated rings. The van der Waals surface area contributed by atoms with Gasteiger partial charge in [-0.05, 0) is 36.2 Å². The molecule has 0 spiro atoms. The molecule has 3 rings (SSSR count). The first kappa shape index (κ1) is 12.6. The lowest BCUT2D eigenvalue weighted by Crippen LogP contribution is -2.51. The summed E-state index contributed by atoms with van der Waals surface area (Å²) in [5.41, 5.74) is 1.51. The maximum absolute atomic E-state index is 3.43. The first-order valence-corrected chi connectivity index (χ1v) is 7.13. The van der Waals surface area contributed by atoms with E-state index in [0.29, 0.717) is 0 Å². The Morgan fingerprint density at radius 3 is 2.37 bits per heavy atom. The molecule has 19 heavy (non-hydrogen) atoms. The molecular weight excluding hydrogens is 232 g/mol. The monoisotopic (exact) mass is 254 g/mol. The molecule has 0 aliphatic carbocycles. The zero-order valence-electron chi connectivity index (χ0n) is 11.8. The topological polar surface area (TPSA) is 15.3 Å². The Morgan fingerprint density at radius 2 is 1.63 bits per heavy atom. The molecule has 1 heterocycles. The Labute approximate surface area is 115 Å². The van der Waals surface area contributed by atoms with Crippen molar-refractivity contribution in [3.8, 4) is 0 Å². The van der Waals surface area contributed by atoms with Crippen LogP contribution in [0.5, 0.6) is 0 Å². The summed E-state index contributed by atoms with van der Waals surface area (Å²) in [6.45, 7) is 9.11. The fraction of sp³-hybridized carbons (Fsp3) is 0.412. The predicted molar refractivity (Wildman–Crippen MR) is 81.4 cm³/mol. The fourth-order valence-corrected chi connectivity index (χ4v) is 2.98. The van der Waals surface area contributed by atoms with Crippen LogP contribution >= 0.6 is 0 Å². The van der Waals surface area contributed by atoms with E-state index in [1.807, 2.05) is 0 Å². The van der Waals surface area contributed by atoms with E-state index in [1.165, 1.54) is 16.3 Å². The summed E-state index contributed by atoms with van der Waals surface area (Å²) in [6.07, 6.45) is 0. The van der Waals surface area contributed by atoms with Gasteiger partial charge in [-0.25, -0.2) is 0 Å². The zero-order valence-corrected chi connectivity index (χ0v) is 11.8. The maximum atomic E-state index is 3.43. The third kappa shape index (κ3) is 2.38. The maximum Gasteiger partial charge on any atom is 0.0405 e. The van der Waals surface area contributed by atoms with Crippen molar-refractivity contribution in [2.45, 2.75) is 19.4 Å². The highest BCUT2D eigenvalue weighted by molar-refractivity contribution is 5.83. The standard InChI is InChI=1S/C17H22N2/c1-17(2,19-11-9-18-10-12-19)16-8-7-14-5-3-4-6-15(14)13-16/h3-8,13,18H,9-12H2,1-2H3. The SMILES string of the molecule is CC(C)(c1ccc2ccccc2c1)N1CCNCC1. The van der Waals surface area contributed by atoms with Crippen molar-refractivity contribution in [2.75, 3.05) is 26.2 Å². The number of nitrogens with zero attached hydrogens (tertiary/aromatic N) is 1. The van der Waals surface area contributed by atoms with Crippen LogP contribution in [-0.4, -0.2) is 31.1 Å². The highest BCUT2D eigenvalue weighted by Crippen LogP contribution is 2.30. The molecular formula is C17H22N2. The lowest BCUT2D eigenvalue weighted by molar-refractivity contribution is 0.103. The molecule has 2 aromatic rings. The quantitative estimate of drug-likeness (QED) is 0.886. The van der Waals surface area contributed by atoms with E-state index in [9.17, 15) is 0 Å². The molecule has 0 aromatic heterocycles. The van der Waals surface area contributed by atoms with Crippen LogP contribution in [0.3, 0.4) is 0 Å². The summed E-state index contributed by atoms with van der Waals surface area (Å²) in [5, 5.41) is 6.08. The Morgan fingerprint density at radius 1 is 0.947 bits per heavy atom. The first-order chi connectivity index (χ1) is 9.18. The normalized spacial score (nSPS) is 17.8. The van der Waals surface area contributed by atoms with E-state index < -0.39 is 0 Å². The van der Waals surface area contributed by atoms with Crippen LogP contribution in [0.25, 0.3) is 10.8 Å². The highest BCUT2D eigenvalue weighted by atomic mass is 15.2. The Balaban J connectivity index is 1.97. The summed E-state index contributed by atoms with van der Waals surface area (Å²) in [4.78, 5) is 2.58. The molecule has 0 bridgehead atoms. The third-order valence-corrected chi connectivity index (χ3v) is 4.36. The van der Waals surface area contributed by atoms with Gasteiger partial charge in [0, 0.05) is 31.7 Å². The van der Waals surface area contributed by atoms with Gasteiger partial charge in [-0.3, -0.25) is 4.90 Å². The summed E-state index contributed by atoms with van der Waals surface area (Å²) in [7, 11) is 0. The van der Waals surface area contributed by atoms with Crippen LogP contribution in [0, 0.1) is 0 Å². The second kappa shape index (κ2) is 4.95. The Kier molecular flexibility index (Phi) is 3.29.